The lowest BCUT2D eigenvalue weighted by molar-refractivity contribution is 0.184. The standard InChI is InChI=1S/C10H11N3O/c1-12-10-3-2-9(11)8-6-13(14)5-4-7(8)10/h2-6,11-12,14H,1H3. The van der Waals surface area contributed by atoms with Crippen molar-refractivity contribution < 1.29 is 5.21 Å². The second kappa shape index (κ2) is 3.06. The van der Waals surface area contributed by atoms with Gasteiger partial charge in [0.25, 0.3) is 0 Å². The Bertz CT molecular complexity index is 489. The van der Waals surface area contributed by atoms with Crippen LogP contribution in [0.25, 0.3) is 11.1 Å². The first-order valence-corrected chi connectivity index (χ1v) is 4.29. The highest BCUT2D eigenvalue weighted by atomic mass is 16.5. The van der Waals surface area contributed by atoms with Gasteiger partial charge in [0.05, 0.1) is 11.6 Å². The molecule has 0 aromatic heterocycles. The van der Waals surface area contributed by atoms with Crippen molar-refractivity contribution in [2.45, 2.75) is 0 Å². The number of aromatic nitrogens is 1. The summed E-state index contributed by atoms with van der Waals surface area (Å²) in [4.78, 5) is 0. The summed E-state index contributed by atoms with van der Waals surface area (Å²) in [6, 6.07) is 5.33. The Morgan fingerprint density at radius 1 is 1.29 bits per heavy atom. The quantitative estimate of drug-likeness (QED) is 0.593. The number of hydrogen-bond acceptors (Lipinski definition) is 3. The van der Waals surface area contributed by atoms with Gasteiger partial charge >= 0.3 is 0 Å². The van der Waals surface area contributed by atoms with Crippen LogP contribution in [0.1, 0.15) is 0 Å². The predicted molar refractivity (Wildman–Crippen MR) is 53.6 cm³/mol. The first-order chi connectivity index (χ1) is 6.72. The molecule has 3 N–H and O–H groups in total. The summed E-state index contributed by atoms with van der Waals surface area (Å²) in [5, 5.41) is 20.4. The van der Waals surface area contributed by atoms with Crippen molar-refractivity contribution in [1.29, 1.82) is 5.41 Å². The van der Waals surface area contributed by atoms with E-state index in [0.29, 0.717) is 5.36 Å². The zero-order valence-corrected chi connectivity index (χ0v) is 7.78. The van der Waals surface area contributed by atoms with Gasteiger partial charge in [-0.15, -0.1) is 0 Å². The van der Waals surface area contributed by atoms with Gasteiger partial charge in [-0.05, 0) is 18.2 Å². The first-order valence-electron chi connectivity index (χ1n) is 4.29. The Morgan fingerprint density at radius 3 is 2.79 bits per heavy atom. The molecule has 0 fully saturated rings. The summed E-state index contributed by atoms with van der Waals surface area (Å²) in [5.41, 5.74) is 2.61. The fourth-order valence-electron chi connectivity index (χ4n) is 1.50. The maximum atomic E-state index is 9.23. The van der Waals surface area contributed by atoms with Crippen LogP contribution < -0.4 is 10.7 Å². The average molecular weight is 189 g/mol. The molecule has 2 rings (SSSR count). The molecule has 0 aromatic carbocycles. The van der Waals surface area contributed by atoms with Crippen molar-refractivity contribution in [1.82, 2.24) is 4.73 Å². The number of fused-ring (bicyclic) bond motifs is 1. The van der Waals surface area contributed by atoms with Gasteiger partial charge < -0.3 is 15.9 Å². The lowest BCUT2D eigenvalue weighted by Crippen LogP contribution is -2.09. The molecule has 0 saturated carbocycles. The first kappa shape index (κ1) is 8.62. The van der Waals surface area contributed by atoms with Crippen LogP contribution in [0.3, 0.4) is 0 Å². The fourth-order valence-corrected chi connectivity index (χ4v) is 1.50. The van der Waals surface area contributed by atoms with Gasteiger partial charge in [-0.1, -0.05) is 0 Å². The van der Waals surface area contributed by atoms with Crippen LogP contribution in [0.5, 0.6) is 0 Å². The molecule has 4 nitrogen and oxygen atoms in total. The highest BCUT2D eigenvalue weighted by molar-refractivity contribution is 5.77. The fraction of sp³-hybridized carbons (Fsp3) is 0.100. The molecule has 0 saturated heterocycles. The normalized spacial score (nSPS) is 10.4. The van der Waals surface area contributed by atoms with E-state index in [2.05, 4.69) is 5.32 Å². The molecule has 72 valence electrons. The third-order valence-electron chi connectivity index (χ3n) is 2.21. The number of nitrogens with zero attached hydrogens (tertiary/aromatic N) is 1. The van der Waals surface area contributed by atoms with Crippen LogP contribution in [0, 0.1) is 5.41 Å². The number of rotatable bonds is 1. The minimum absolute atomic E-state index is 0.405. The van der Waals surface area contributed by atoms with E-state index in [9.17, 15) is 5.21 Å². The van der Waals surface area contributed by atoms with Gasteiger partial charge in [-0.3, -0.25) is 0 Å². The Balaban J connectivity index is 2.82. The summed E-state index contributed by atoms with van der Waals surface area (Å²) in [6.07, 6.45) is 3.07. The Hall–Kier alpha value is -1.97. The number of hydrogen-bond donors (Lipinski definition) is 3. The number of nitrogens with one attached hydrogen (secondary N) is 2. The number of anilines is 1. The highest BCUT2D eigenvalue weighted by Gasteiger charge is 2.08. The zero-order chi connectivity index (χ0) is 10.1. The predicted octanol–water partition coefficient (Wildman–Crippen LogP) is 1.35. The van der Waals surface area contributed by atoms with Crippen molar-refractivity contribution >= 4 is 5.69 Å². The molecule has 0 amide bonds. The second-order valence-corrected chi connectivity index (χ2v) is 3.06. The van der Waals surface area contributed by atoms with Gasteiger partial charge in [-0.25, -0.2) is 4.73 Å². The van der Waals surface area contributed by atoms with Crippen LogP contribution in [-0.2, 0) is 0 Å². The summed E-state index contributed by atoms with van der Waals surface area (Å²) in [7, 11) is 1.83. The van der Waals surface area contributed by atoms with Crippen LogP contribution >= 0.6 is 0 Å². The van der Waals surface area contributed by atoms with Crippen molar-refractivity contribution in [3.8, 4) is 11.1 Å². The summed E-state index contributed by atoms with van der Waals surface area (Å²) < 4.78 is 0.958. The van der Waals surface area contributed by atoms with E-state index in [1.54, 1.807) is 18.3 Å². The van der Waals surface area contributed by atoms with Gasteiger partial charge in [0, 0.05) is 30.1 Å². The monoisotopic (exact) mass is 189 g/mol. The van der Waals surface area contributed by atoms with Crippen LogP contribution in [0.4, 0.5) is 5.69 Å². The summed E-state index contributed by atoms with van der Waals surface area (Å²) in [6.45, 7) is 0. The summed E-state index contributed by atoms with van der Waals surface area (Å²) >= 11 is 0. The molecular formula is C10H11N3O. The van der Waals surface area contributed by atoms with Crippen LogP contribution in [-0.4, -0.2) is 17.0 Å². The molecule has 2 aliphatic rings. The van der Waals surface area contributed by atoms with E-state index < -0.39 is 0 Å². The van der Waals surface area contributed by atoms with Crippen LogP contribution in [0.15, 0.2) is 30.6 Å². The number of benzene rings is 1. The SMILES string of the molecule is CNc1ccc(=N)c2cn(O)ccc1-2. The maximum Gasteiger partial charge on any atom is 0.0635 e. The molecule has 0 spiro atoms. The second-order valence-electron chi connectivity index (χ2n) is 3.06. The molecule has 1 aliphatic heterocycles. The Labute approximate surface area is 81.2 Å². The summed E-state index contributed by atoms with van der Waals surface area (Å²) in [5.74, 6) is 0. The Morgan fingerprint density at radius 2 is 2.07 bits per heavy atom. The van der Waals surface area contributed by atoms with Crippen molar-refractivity contribution in [2.24, 2.45) is 0 Å². The molecule has 0 unspecified atom stereocenters. The van der Waals surface area contributed by atoms with E-state index in [0.717, 1.165) is 21.5 Å². The molecule has 1 aliphatic carbocycles. The van der Waals surface area contributed by atoms with Crippen molar-refractivity contribution in [3.63, 3.8) is 0 Å². The average Bonchev–Trinajstić information content (AvgIpc) is 2.19. The van der Waals surface area contributed by atoms with E-state index in [4.69, 9.17) is 5.41 Å². The lowest BCUT2D eigenvalue weighted by Gasteiger charge is -2.11. The van der Waals surface area contributed by atoms with Gasteiger partial charge in [0.15, 0.2) is 0 Å². The van der Waals surface area contributed by atoms with Gasteiger partial charge in [0.1, 0.15) is 0 Å². The molecule has 0 radical (unpaired) electrons. The van der Waals surface area contributed by atoms with E-state index in [1.807, 2.05) is 13.1 Å². The maximum absolute atomic E-state index is 9.23. The molecule has 4 heteroatoms. The highest BCUT2D eigenvalue weighted by Crippen LogP contribution is 2.25. The van der Waals surface area contributed by atoms with Crippen LogP contribution in [0.2, 0.25) is 0 Å². The van der Waals surface area contributed by atoms with Gasteiger partial charge in [0.2, 0.25) is 0 Å². The zero-order valence-electron chi connectivity index (χ0n) is 7.78. The molecule has 1 heterocycles. The molecule has 0 aromatic rings. The van der Waals surface area contributed by atoms with Crippen molar-refractivity contribution in [3.05, 3.63) is 36.0 Å². The third-order valence-corrected chi connectivity index (χ3v) is 2.21. The third kappa shape index (κ3) is 1.21. The number of pyridine rings is 1. The topological polar surface area (TPSA) is 61.0 Å². The Kier molecular flexibility index (Phi) is 1.89. The van der Waals surface area contributed by atoms with E-state index in [-0.39, 0.29) is 0 Å². The lowest BCUT2D eigenvalue weighted by atomic mass is 10.0. The van der Waals surface area contributed by atoms with E-state index in [1.165, 1.54) is 6.20 Å². The van der Waals surface area contributed by atoms with Crippen molar-refractivity contribution in [2.75, 3.05) is 12.4 Å². The molecule has 14 heavy (non-hydrogen) atoms. The molecule has 0 bridgehead atoms. The smallest absolute Gasteiger partial charge is 0.0635 e. The molecule has 0 atom stereocenters. The molecular weight excluding hydrogens is 178 g/mol. The largest absolute Gasteiger partial charge is 0.429 e. The minimum Gasteiger partial charge on any atom is -0.429 e. The minimum atomic E-state index is 0.405. The van der Waals surface area contributed by atoms with E-state index >= 15 is 0 Å². The van der Waals surface area contributed by atoms with Gasteiger partial charge in [-0.2, -0.15) is 0 Å².